The van der Waals surface area contributed by atoms with Gasteiger partial charge < -0.3 is 5.73 Å². The van der Waals surface area contributed by atoms with E-state index in [1.807, 2.05) is 25.1 Å². The van der Waals surface area contributed by atoms with Crippen LogP contribution in [0.15, 0.2) is 40.9 Å². The van der Waals surface area contributed by atoms with Crippen molar-refractivity contribution in [1.82, 2.24) is 0 Å². The van der Waals surface area contributed by atoms with Crippen LogP contribution in [0.2, 0.25) is 0 Å². The van der Waals surface area contributed by atoms with Crippen LogP contribution in [0.25, 0.3) is 0 Å². The summed E-state index contributed by atoms with van der Waals surface area (Å²) in [5.74, 6) is -1.65. The highest BCUT2D eigenvalue weighted by Gasteiger charge is 2.14. The minimum atomic E-state index is -0.837. The highest BCUT2D eigenvalue weighted by atomic mass is 79.9. The average Bonchev–Trinajstić information content (AvgIpc) is 2.38. The molecule has 0 amide bonds. The molecule has 19 heavy (non-hydrogen) atoms. The molecule has 4 heteroatoms. The van der Waals surface area contributed by atoms with Gasteiger partial charge in [0.1, 0.15) is 0 Å². The predicted molar refractivity (Wildman–Crippen MR) is 75.9 cm³/mol. The number of hydrogen-bond acceptors (Lipinski definition) is 1. The summed E-state index contributed by atoms with van der Waals surface area (Å²) < 4.78 is 27.7. The summed E-state index contributed by atoms with van der Waals surface area (Å²) in [5, 5.41) is 0. The largest absolute Gasteiger partial charge is 0.324 e. The SMILES string of the molecule is Cc1ccc(Br)cc1C(N)Cc1cccc(F)c1F. The first-order valence-corrected chi connectivity index (χ1v) is 6.73. The topological polar surface area (TPSA) is 26.0 Å². The number of rotatable bonds is 3. The van der Waals surface area contributed by atoms with Gasteiger partial charge in [-0.3, -0.25) is 0 Å². The highest BCUT2D eigenvalue weighted by Crippen LogP contribution is 2.24. The zero-order chi connectivity index (χ0) is 14.0. The summed E-state index contributed by atoms with van der Waals surface area (Å²) in [6.07, 6.45) is 0.265. The van der Waals surface area contributed by atoms with Crippen LogP contribution in [-0.4, -0.2) is 0 Å². The molecule has 100 valence electrons. The van der Waals surface area contributed by atoms with Crippen molar-refractivity contribution in [3.63, 3.8) is 0 Å². The molecule has 0 aliphatic carbocycles. The van der Waals surface area contributed by atoms with Crippen LogP contribution in [-0.2, 0) is 6.42 Å². The second-order valence-electron chi connectivity index (χ2n) is 4.52. The molecule has 0 fully saturated rings. The molecule has 1 atom stereocenters. The van der Waals surface area contributed by atoms with Crippen molar-refractivity contribution < 1.29 is 8.78 Å². The fourth-order valence-electron chi connectivity index (χ4n) is 2.06. The Morgan fingerprint density at radius 3 is 2.68 bits per heavy atom. The van der Waals surface area contributed by atoms with Gasteiger partial charge in [0, 0.05) is 10.5 Å². The van der Waals surface area contributed by atoms with Gasteiger partial charge in [0.15, 0.2) is 11.6 Å². The molecule has 0 bridgehead atoms. The van der Waals surface area contributed by atoms with Crippen LogP contribution in [0.3, 0.4) is 0 Å². The monoisotopic (exact) mass is 325 g/mol. The van der Waals surface area contributed by atoms with Crippen LogP contribution >= 0.6 is 15.9 Å². The van der Waals surface area contributed by atoms with E-state index in [4.69, 9.17) is 5.73 Å². The third-order valence-corrected chi connectivity index (χ3v) is 3.61. The Labute approximate surface area is 119 Å². The van der Waals surface area contributed by atoms with Gasteiger partial charge in [-0.15, -0.1) is 0 Å². The minimum Gasteiger partial charge on any atom is -0.324 e. The standard InChI is InChI=1S/C15H14BrF2N/c1-9-5-6-11(16)8-12(9)14(19)7-10-3-2-4-13(17)15(10)18/h2-6,8,14H,7,19H2,1H3. The van der Waals surface area contributed by atoms with Gasteiger partial charge in [-0.2, -0.15) is 0 Å². The Hall–Kier alpha value is -1.26. The molecule has 0 aromatic heterocycles. The first-order chi connectivity index (χ1) is 8.99. The van der Waals surface area contributed by atoms with E-state index >= 15 is 0 Å². The van der Waals surface area contributed by atoms with Crippen molar-refractivity contribution in [2.24, 2.45) is 5.73 Å². The van der Waals surface area contributed by atoms with Crippen LogP contribution in [0.5, 0.6) is 0 Å². The normalized spacial score (nSPS) is 12.5. The number of nitrogens with two attached hydrogens (primary N) is 1. The van der Waals surface area contributed by atoms with Crippen LogP contribution in [0.4, 0.5) is 8.78 Å². The van der Waals surface area contributed by atoms with E-state index in [9.17, 15) is 8.78 Å². The van der Waals surface area contributed by atoms with Gasteiger partial charge in [0.05, 0.1) is 0 Å². The maximum Gasteiger partial charge on any atom is 0.162 e. The van der Waals surface area contributed by atoms with Crippen LogP contribution in [0.1, 0.15) is 22.7 Å². The molecule has 0 aliphatic heterocycles. The van der Waals surface area contributed by atoms with Gasteiger partial charge in [-0.25, -0.2) is 8.78 Å². The summed E-state index contributed by atoms with van der Waals surface area (Å²) >= 11 is 3.39. The van der Waals surface area contributed by atoms with E-state index < -0.39 is 11.6 Å². The van der Waals surface area contributed by atoms with E-state index in [0.717, 1.165) is 21.7 Å². The van der Waals surface area contributed by atoms with E-state index in [1.165, 1.54) is 6.07 Å². The van der Waals surface area contributed by atoms with E-state index in [1.54, 1.807) is 6.07 Å². The molecule has 2 aromatic rings. The Balaban J connectivity index is 2.28. The van der Waals surface area contributed by atoms with Crippen molar-refractivity contribution in [3.05, 3.63) is 69.2 Å². The third kappa shape index (κ3) is 3.19. The zero-order valence-corrected chi connectivity index (χ0v) is 12.0. The van der Waals surface area contributed by atoms with Crippen molar-refractivity contribution in [1.29, 1.82) is 0 Å². The molecule has 0 spiro atoms. The molecule has 0 aliphatic rings. The maximum atomic E-state index is 13.6. The lowest BCUT2D eigenvalue weighted by molar-refractivity contribution is 0.494. The summed E-state index contributed by atoms with van der Waals surface area (Å²) in [4.78, 5) is 0. The molecule has 0 saturated heterocycles. The molecular formula is C15H14BrF2N. The fraction of sp³-hybridized carbons (Fsp3) is 0.200. The van der Waals surface area contributed by atoms with Gasteiger partial charge in [-0.05, 0) is 48.2 Å². The second kappa shape index (κ2) is 5.80. The second-order valence-corrected chi connectivity index (χ2v) is 5.44. The molecule has 0 radical (unpaired) electrons. The van der Waals surface area contributed by atoms with Crippen molar-refractivity contribution in [2.45, 2.75) is 19.4 Å². The summed E-state index contributed by atoms with van der Waals surface area (Å²) in [5.41, 5.74) is 8.37. The predicted octanol–water partition coefficient (Wildman–Crippen LogP) is 4.28. The van der Waals surface area contributed by atoms with E-state index in [-0.39, 0.29) is 12.5 Å². The first kappa shape index (κ1) is 14.2. The zero-order valence-electron chi connectivity index (χ0n) is 10.5. The highest BCUT2D eigenvalue weighted by molar-refractivity contribution is 9.10. The lowest BCUT2D eigenvalue weighted by Gasteiger charge is -2.16. The van der Waals surface area contributed by atoms with Gasteiger partial charge in [-0.1, -0.05) is 34.1 Å². The molecule has 1 unspecified atom stereocenters. The van der Waals surface area contributed by atoms with Gasteiger partial charge in [0.2, 0.25) is 0 Å². The Morgan fingerprint density at radius 2 is 1.95 bits per heavy atom. The smallest absolute Gasteiger partial charge is 0.162 e. The first-order valence-electron chi connectivity index (χ1n) is 5.93. The third-order valence-electron chi connectivity index (χ3n) is 3.11. The minimum absolute atomic E-state index is 0.265. The molecule has 0 saturated carbocycles. The summed E-state index contributed by atoms with van der Waals surface area (Å²) in [6.45, 7) is 1.95. The van der Waals surface area contributed by atoms with Gasteiger partial charge >= 0.3 is 0 Å². The number of benzene rings is 2. The Bertz CT molecular complexity index is 599. The fourth-order valence-corrected chi connectivity index (χ4v) is 2.44. The lowest BCUT2D eigenvalue weighted by atomic mass is 9.96. The Morgan fingerprint density at radius 1 is 1.21 bits per heavy atom. The van der Waals surface area contributed by atoms with Crippen molar-refractivity contribution >= 4 is 15.9 Å². The molecule has 2 N–H and O–H groups in total. The summed E-state index contributed by atoms with van der Waals surface area (Å²) in [7, 11) is 0. The number of hydrogen-bond donors (Lipinski definition) is 1. The molecule has 1 nitrogen and oxygen atoms in total. The van der Waals surface area contributed by atoms with Crippen LogP contribution in [0, 0.1) is 18.6 Å². The number of aryl methyl sites for hydroxylation is 1. The molecule has 2 aromatic carbocycles. The van der Waals surface area contributed by atoms with Crippen LogP contribution < -0.4 is 5.73 Å². The van der Waals surface area contributed by atoms with E-state index in [0.29, 0.717) is 5.56 Å². The molecule has 2 rings (SSSR count). The Kier molecular flexibility index (Phi) is 4.32. The maximum absolute atomic E-state index is 13.6. The quantitative estimate of drug-likeness (QED) is 0.895. The van der Waals surface area contributed by atoms with Gasteiger partial charge in [0.25, 0.3) is 0 Å². The summed E-state index contributed by atoms with van der Waals surface area (Å²) in [6, 6.07) is 9.58. The number of halogens is 3. The average molecular weight is 326 g/mol. The van der Waals surface area contributed by atoms with Crippen molar-refractivity contribution in [3.8, 4) is 0 Å². The molecular weight excluding hydrogens is 312 g/mol. The molecule has 0 heterocycles. The lowest BCUT2D eigenvalue weighted by Crippen LogP contribution is -2.15. The van der Waals surface area contributed by atoms with E-state index in [2.05, 4.69) is 15.9 Å². The van der Waals surface area contributed by atoms with Crippen molar-refractivity contribution in [2.75, 3.05) is 0 Å².